The molecular weight excluding hydrogens is 280 g/mol. The Labute approximate surface area is 130 Å². The van der Waals surface area contributed by atoms with Gasteiger partial charge in [0.05, 0.1) is 26.0 Å². The van der Waals surface area contributed by atoms with Crippen LogP contribution in [0, 0.1) is 5.92 Å². The minimum absolute atomic E-state index is 0.0534. The zero-order valence-electron chi connectivity index (χ0n) is 12.9. The molecule has 1 fully saturated rings. The van der Waals surface area contributed by atoms with Crippen molar-refractivity contribution < 1.29 is 13.9 Å². The number of rotatable bonds is 4. The van der Waals surface area contributed by atoms with Crippen LogP contribution in [0.25, 0.3) is 11.0 Å². The molecule has 1 N–H and O–H groups in total. The molecule has 22 heavy (non-hydrogen) atoms. The Kier molecular flexibility index (Phi) is 4.75. The van der Waals surface area contributed by atoms with Gasteiger partial charge in [0.2, 0.25) is 5.91 Å². The fraction of sp³-hybridized carbons (Fsp3) is 0.471. The number of likely N-dealkylation sites (N-methyl/N-ethyl adjacent to an activating group) is 1. The number of carbonyl (C=O) groups is 1. The summed E-state index contributed by atoms with van der Waals surface area (Å²) >= 11 is 0. The molecule has 0 unspecified atom stereocenters. The van der Waals surface area contributed by atoms with Gasteiger partial charge in [0.15, 0.2) is 0 Å². The van der Waals surface area contributed by atoms with E-state index >= 15 is 0 Å². The Balaban J connectivity index is 1.65. The van der Waals surface area contributed by atoms with Crippen molar-refractivity contribution in [1.82, 2.24) is 10.2 Å². The van der Waals surface area contributed by atoms with Crippen LogP contribution in [-0.4, -0.2) is 50.7 Å². The maximum absolute atomic E-state index is 11.6. The van der Waals surface area contributed by atoms with Gasteiger partial charge in [0.25, 0.3) is 0 Å². The third-order valence-electron chi connectivity index (χ3n) is 4.11. The number of carbonyl (C=O) groups excluding carboxylic acids is 1. The lowest BCUT2D eigenvalue weighted by atomic mass is 9.99. The van der Waals surface area contributed by atoms with Crippen LogP contribution in [0.2, 0.25) is 0 Å². The predicted molar refractivity (Wildman–Crippen MR) is 84.7 cm³/mol. The molecule has 2 heterocycles. The van der Waals surface area contributed by atoms with Crippen LogP contribution < -0.4 is 5.32 Å². The van der Waals surface area contributed by atoms with Crippen LogP contribution >= 0.6 is 0 Å². The third kappa shape index (κ3) is 3.67. The molecule has 1 atom stereocenters. The fourth-order valence-corrected chi connectivity index (χ4v) is 2.96. The summed E-state index contributed by atoms with van der Waals surface area (Å²) in [5.74, 6) is 0.442. The van der Waals surface area contributed by atoms with Crippen LogP contribution in [-0.2, 0) is 16.0 Å². The van der Waals surface area contributed by atoms with Gasteiger partial charge in [0, 0.05) is 25.5 Å². The summed E-state index contributed by atoms with van der Waals surface area (Å²) in [7, 11) is 1.67. The molecule has 1 amide bonds. The Hall–Kier alpha value is -1.85. The predicted octanol–water partition coefficient (Wildman–Crippen LogP) is 1.67. The first-order chi connectivity index (χ1) is 10.7. The molecule has 0 radical (unpaired) electrons. The number of ether oxygens (including phenoxy) is 1. The largest absolute Gasteiger partial charge is 0.464 e. The monoisotopic (exact) mass is 302 g/mol. The van der Waals surface area contributed by atoms with Crippen molar-refractivity contribution >= 4 is 16.9 Å². The summed E-state index contributed by atoms with van der Waals surface area (Å²) < 4.78 is 11.2. The first kappa shape index (κ1) is 15.1. The number of furan rings is 1. The molecule has 3 rings (SSSR count). The second kappa shape index (κ2) is 6.94. The van der Waals surface area contributed by atoms with Crippen LogP contribution in [0.4, 0.5) is 0 Å². The van der Waals surface area contributed by atoms with E-state index in [9.17, 15) is 4.79 Å². The maximum Gasteiger partial charge on any atom is 0.233 e. The van der Waals surface area contributed by atoms with Gasteiger partial charge in [-0.15, -0.1) is 0 Å². The van der Waals surface area contributed by atoms with Crippen molar-refractivity contribution in [3.8, 4) is 0 Å². The van der Waals surface area contributed by atoms with E-state index in [4.69, 9.17) is 9.15 Å². The standard InChI is InChI=1S/C17H22N2O3/c1-18-17(20)11-19-5-7-21-12-14(10-19)8-13-2-3-15-4-6-22-16(15)9-13/h2-4,6,9,14H,5,7-8,10-12H2,1H3,(H,18,20)/t14-/m1/s1. The van der Waals surface area contributed by atoms with Gasteiger partial charge in [-0.2, -0.15) is 0 Å². The van der Waals surface area contributed by atoms with Crippen LogP contribution in [0.3, 0.4) is 0 Å². The van der Waals surface area contributed by atoms with Gasteiger partial charge in [-0.3, -0.25) is 9.69 Å². The molecule has 1 aliphatic rings. The highest BCUT2D eigenvalue weighted by Crippen LogP contribution is 2.20. The smallest absolute Gasteiger partial charge is 0.233 e. The van der Waals surface area contributed by atoms with E-state index in [-0.39, 0.29) is 5.91 Å². The minimum atomic E-state index is 0.0534. The molecule has 1 aliphatic heterocycles. The molecule has 1 aromatic carbocycles. The summed E-state index contributed by atoms with van der Waals surface area (Å²) in [6.45, 7) is 3.55. The van der Waals surface area contributed by atoms with Gasteiger partial charge in [-0.25, -0.2) is 0 Å². The van der Waals surface area contributed by atoms with Crippen molar-refractivity contribution in [3.05, 3.63) is 36.1 Å². The minimum Gasteiger partial charge on any atom is -0.464 e. The third-order valence-corrected chi connectivity index (χ3v) is 4.11. The molecule has 0 aliphatic carbocycles. The number of benzene rings is 1. The highest BCUT2D eigenvalue weighted by molar-refractivity contribution is 5.78. The molecule has 2 aromatic rings. The van der Waals surface area contributed by atoms with E-state index in [1.165, 1.54) is 5.56 Å². The molecular formula is C17H22N2O3. The Bertz CT molecular complexity index is 638. The van der Waals surface area contributed by atoms with Gasteiger partial charge in [-0.05, 0) is 30.0 Å². The second-order valence-corrected chi connectivity index (χ2v) is 5.85. The van der Waals surface area contributed by atoms with Gasteiger partial charge in [0.1, 0.15) is 5.58 Å². The average Bonchev–Trinajstić information content (AvgIpc) is 2.87. The number of fused-ring (bicyclic) bond motifs is 1. The van der Waals surface area contributed by atoms with E-state index in [2.05, 4.69) is 28.4 Å². The lowest BCUT2D eigenvalue weighted by molar-refractivity contribution is -0.121. The van der Waals surface area contributed by atoms with Gasteiger partial charge >= 0.3 is 0 Å². The van der Waals surface area contributed by atoms with Crippen molar-refractivity contribution in [3.63, 3.8) is 0 Å². The lowest BCUT2D eigenvalue weighted by Crippen LogP contribution is -2.39. The van der Waals surface area contributed by atoms with E-state index in [0.29, 0.717) is 19.1 Å². The maximum atomic E-state index is 11.6. The lowest BCUT2D eigenvalue weighted by Gasteiger charge is -2.22. The number of nitrogens with zero attached hydrogens (tertiary/aromatic N) is 1. The first-order valence-electron chi connectivity index (χ1n) is 7.71. The molecule has 0 saturated carbocycles. The van der Waals surface area contributed by atoms with E-state index < -0.39 is 0 Å². The summed E-state index contributed by atoms with van der Waals surface area (Å²) in [6.07, 6.45) is 2.65. The SMILES string of the molecule is CNC(=O)CN1CCOC[C@H](Cc2ccc3ccoc3c2)C1. The molecule has 118 valence electrons. The van der Waals surface area contributed by atoms with Crippen molar-refractivity contribution in [1.29, 1.82) is 0 Å². The normalized spacial score (nSPS) is 20.0. The van der Waals surface area contributed by atoms with Crippen LogP contribution in [0.15, 0.2) is 34.9 Å². The summed E-state index contributed by atoms with van der Waals surface area (Å²) in [5, 5.41) is 3.81. The summed E-state index contributed by atoms with van der Waals surface area (Å²) in [6, 6.07) is 8.31. The highest BCUT2D eigenvalue weighted by atomic mass is 16.5. The Morgan fingerprint density at radius 2 is 2.32 bits per heavy atom. The van der Waals surface area contributed by atoms with Gasteiger partial charge in [-0.1, -0.05) is 12.1 Å². The van der Waals surface area contributed by atoms with Crippen molar-refractivity contribution in [2.24, 2.45) is 5.92 Å². The number of hydrogen-bond donors (Lipinski definition) is 1. The summed E-state index contributed by atoms with van der Waals surface area (Å²) in [5.41, 5.74) is 2.17. The van der Waals surface area contributed by atoms with E-state index in [1.807, 2.05) is 6.07 Å². The molecule has 0 bridgehead atoms. The van der Waals surface area contributed by atoms with Crippen LogP contribution in [0.1, 0.15) is 5.56 Å². The zero-order valence-corrected chi connectivity index (χ0v) is 12.9. The molecule has 5 nitrogen and oxygen atoms in total. The second-order valence-electron chi connectivity index (χ2n) is 5.85. The topological polar surface area (TPSA) is 54.7 Å². The zero-order chi connectivity index (χ0) is 15.4. The Morgan fingerprint density at radius 3 is 3.18 bits per heavy atom. The number of hydrogen-bond acceptors (Lipinski definition) is 4. The number of nitrogens with one attached hydrogen (secondary N) is 1. The summed E-state index contributed by atoms with van der Waals surface area (Å²) in [4.78, 5) is 13.7. The molecule has 5 heteroatoms. The molecule has 1 saturated heterocycles. The van der Waals surface area contributed by atoms with E-state index in [0.717, 1.165) is 37.1 Å². The van der Waals surface area contributed by atoms with E-state index in [1.54, 1.807) is 13.3 Å². The quantitative estimate of drug-likeness (QED) is 0.933. The van der Waals surface area contributed by atoms with Crippen molar-refractivity contribution in [2.75, 3.05) is 39.9 Å². The van der Waals surface area contributed by atoms with Crippen LogP contribution in [0.5, 0.6) is 0 Å². The van der Waals surface area contributed by atoms with Gasteiger partial charge < -0.3 is 14.5 Å². The Morgan fingerprint density at radius 1 is 1.41 bits per heavy atom. The first-order valence-corrected chi connectivity index (χ1v) is 7.71. The molecule has 1 aromatic heterocycles. The number of amides is 1. The average molecular weight is 302 g/mol. The van der Waals surface area contributed by atoms with Crippen molar-refractivity contribution in [2.45, 2.75) is 6.42 Å². The highest BCUT2D eigenvalue weighted by Gasteiger charge is 2.20. The molecule has 0 spiro atoms. The fourth-order valence-electron chi connectivity index (χ4n) is 2.96.